The summed E-state index contributed by atoms with van der Waals surface area (Å²) in [5.74, 6) is 0.650. The van der Waals surface area contributed by atoms with Crippen molar-refractivity contribution in [1.29, 1.82) is 0 Å². The minimum Gasteiger partial charge on any atom is -0.231 e. The van der Waals surface area contributed by atoms with E-state index in [0.29, 0.717) is 5.82 Å². The number of benzene rings is 9. The molecule has 0 spiro atoms. The number of fused-ring (bicyclic) bond motifs is 3. The van der Waals surface area contributed by atoms with Crippen LogP contribution in [0, 0.1) is 0 Å². The first-order valence-corrected chi connectivity index (χ1v) is 20.6. The Bertz CT molecular complexity index is 3240. The number of aromatic nitrogens is 4. The smallest absolute Gasteiger partial charge is 0.160 e. The summed E-state index contributed by atoms with van der Waals surface area (Å²) >= 11 is 0. The maximum atomic E-state index is 5.58. The van der Waals surface area contributed by atoms with Crippen molar-refractivity contribution in [3.05, 3.63) is 231 Å². The quantitative estimate of drug-likeness (QED) is 0.154. The van der Waals surface area contributed by atoms with Crippen molar-refractivity contribution in [2.75, 3.05) is 0 Å². The van der Waals surface area contributed by atoms with E-state index in [0.717, 1.165) is 100 Å². The molecule has 11 rings (SSSR count). The highest BCUT2D eigenvalue weighted by atomic mass is 15.3. The van der Waals surface area contributed by atoms with Gasteiger partial charge in [0.25, 0.3) is 0 Å². The van der Waals surface area contributed by atoms with Crippen LogP contribution in [0.3, 0.4) is 0 Å². The van der Waals surface area contributed by atoms with E-state index in [1.165, 1.54) is 0 Å². The summed E-state index contributed by atoms with van der Waals surface area (Å²) in [6.07, 6.45) is 0. The monoisotopic (exact) mass is 778 g/mol. The van der Waals surface area contributed by atoms with Crippen molar-refractivity contribution in [3.8, 4) is 84.2 Å². The number of nitrogens with zero attached hydrogens (tertiary/aromatic N) is 4. The lowest BCUT2D eigenvalue weighted by Gasteiger charge is -2.15. The van der Waals surface area contributed by atoms with Crippen LogP contribution >= 0.6 is 0 Å². The van der Waals surface area contributed by atoms with E-state index in [1.807, 2.05) is 12.1 Å². The van der Waals surface area contributed by atoms with Crippen molar-refractivity contribution < 1.29 is 0 Å². The molecule has 2 heterocycles. The predicted octanol–water partition coefficient (Wildman–Crippen LogP) is 14.6. The SMILES string of the molecule is c1ccc(-c2cccc(-c3cc(-c4ccccc4-n4nc(-c5ccccc5)c5c(-c6ccccc6)cc6ccccc6c54)nc(-c4cccc(-c5ccccc5)c4)n3)c2)cc1. The van der Waals surface area contributed by atoms with Gasteiger partial charge in [0.05, 0.1) is 22.6 Å². The van der Waals surface area contributed by atoms with Gasteiger partial charge in [0.1, 0.15) is 5.69 Å². The van der Waals surface area contributed by atoms with E-state index in [9.17, 15) is 0 Å². The van der Waals surface area contributed by atoms with Crippen molar-refractivity contribution in [2.24, 2.45) is 0 Å². The third kappa shape index (κ3) is 6.76. The Balaban J connectivity index is 1.17. The zero-order chi connectivity index (χ0) is 40.5. The van der Waals surface area contributed by atoms with Gasteiger partial charge in [-0.1, -0.05) is 200 Å². The molecule has 4 nitrogen and oxygen atoms in total. The molecule has 0 fully saturated rings. The zero-order valence-corrected chi connectivity index (χ0v) is 33.2. The number of hydrogen-bond acceptors (Lipinski definition) is 3. The predicted molar refractivity (Wildman–Crippen MR) is 252 cm³/mol. The van der Waals surface area contributed by atoms with E-state index >= 15 is 0 Å². The van der Waals surface area contributed by atoms with Gasteiger partial charge in [-0.2, -0.15) is 5.10 Å². The molecule has 0 atom stereocenters. The summed E-state index contributed by atoms with van der Waals surface area (Å²) in [7, 11) is 0. The highest BCUT2D eigenvalue weighted by molar-refractivity contribution is 6.17. The third-order valence-electron chi connectivity index (χ3n) is 11.4. The second-order valence-electron chi connectivity index (χ2n) is 15.2. The molecule has 0 saturated carbocycles. The van der Waals surface area contributed by atoms with Crippen LogP contribution in [0.1, 0.15) is 0 Å². The molecule has 9 aromatic carbocycles. The molecule has 0 amide bonds. The highest BCUT2D eigenvalue weighted by Crippen LogP contribution is 2.43. The number of para-hydroxylation sites is 1. The second-order valence-corrected chi connectivity index (χ2v) is 15.2. The van der Waals surface area contributed by atoms with E-state index in [1.54, 1.807) is 0 Å². The van der Waals surface area contributed by atoms with Crippen LogP contribution in [0.25, 0.3) is 106 Å². The first-order valence-electron chi connectivity index (χ1n) is 20.6. The van der Waals surface area contributed by atoms with Gasteiger partial charge in [-0.3, -0.25) is 0 Å². The first kappa shape index (κ1) is 35.9. The summed E-state index contributed by atoms with van der Waals surface area (Å²) in [4.78, 5) is 10.7. The Hall–Kier alpha value is -8.21. The molecule has 0 aliphatic heterocycles. The average Bonchev–Trinajstić information content (AvgIpc) is 3.76. The van der Waals surface area contributed by atoms with Gasteiger partial charge in [0, 0.05) is 33.0 Å². The molecule has 0 saturated heterocycles. The normalized spacial score (nSPS) is 11.3. The van der Waals surface area contributed by atoms with Gasteiger partial charge in [-0.25, -0.2) is 14.6 Å². The lowest BCUT2D eigenvalue weighted by molar-refractivity contribution is 0.918. The fourth-order valence-electron chi connectivity index (χ4n) is 8.50. The minimum atomic E-state index is 0.650. The number of hydrogen-bond donors (Lipinski definition) is 0. The Morgan fingerprint density at radius 1 is 0.328 bits per heavy atom. The topological polar surface area (TPSA) is 43.6 Å². The Morgan fingerprint density at radius 2 is 0.836 bits per heavy atom. The molecule has 0 aliphatic carbocycles. The Labute approximate surface area is 354 Å². The van der Waals surface area contributed by atoms with E-state index in [4.69, 9.17) is 15.1 Å². The largest absolute Gasteiger partial charge is 0.231 e. The van der Waals surface area contributed by atoms with Gasteiger partial charge in [-0.15, -0.1) is 0 Å². The van der Waals surface area contributed by atoms with Crippen molar-refractivity contribution in [2.45, 2.75) is 0 Å². The van der Waals surface area contributed by atoms with E-state index in [2.05, 4.69) is 223 Å². The number of rotatable bonds is 8. The Kier molecular flexibility index (Phi) is 9.14. The van der Waals surface area contributed by atoms with Crippen LogP contribution in [-0.4, -0.2) is 19.7 Å². The molecule has 0 N–H and O–H groups in total. The summed E-state index contributed by atoms with van der Waals surface area (Å²) in [6.45, 7) is 0. The average molecular weight is 779 g/mol. The zero-order valence-electron chi connectivity index (χ0n) is 33.2. The summed E-state index contributed by atoms with van der Waals surface area (Å²) in [6, 6.07) is 80.9. The molecular weight excluding hydrogens is 741 g/mol. The first-order chi connectivity index (χ1) is 30.2. The maximum Gasteiger partial charge on any atom is 0.160 e. The second kappa shape index (κ2) is 15.5. The molecule has 61 heavy (non-hydrogen) atoms. The van der Waals surface area contributed by atoms with Gasteiger partial charge in [0.2, 0.25) is 0 Å². The van der Waals surface area contributed by atoms with Gasteiger partial charge < -0.3 is 0 Å². The molecular formula is C57H38N4. The molecule has 0 unspecified atom stereocenters. The van der Waals surface area contributed by atoms with Gasteiger partial charge >= 0.3 is 0 Å². The van der Waals surface area contributed by atoms with Crippen molar-refractivity contribution >= 4 is 21.7 Å². The minimum absolute atomic E-state index is 0.650. The van der Waals surface area contributed by atoms with Crippen molar-refractivity contribution in [3.63, 3.8) is 0 Å². The lowest BCUT2D eigenvalue weighted by Crippen LogP contribution is -2.02. The molecule has 2 aromatic heterocycles. The van der Waals surface area contributed by atoms with E-state index < -0.39 is 0 Å². The summed E-state index contributed by atoms with van der Waals surface area (Å²) in [5.41, 5.74) is 15.3. The Morgan fingerprint density at radius 3 is 1.52 bits per heavy atom. The standard InChI is InChI=1S/C57H38N4/c1-5-19-39(20-6-1)43-28-17-30-46(35-43)51-38-52(59-57(58-51)47-31-18-29-44(36-47)40-21-7-2-8-22-40)49-33-15-16-34-53(49)61-56-48-32-14-13-27-45(48)37-50(41-23-9-3-10-24-41)54(56)55(60-61)42-25-11-4-12-26-42/h1-38H. The van der Waals surface area contributed by atoms with Crippen LogP contribution in [0.5, 0.6) is 0 Å². The van der Waals surface area contributed by atoms with Gasteiger partial charge in [-0.05, 0) is 69.1 Å². The summed E-state index contributed by atoms with van der Waals surface area (Å²) in [5, 5.41) is 8.95. The summed E-state index contributed by atoms with van der Waals surface area (Å²) < 4.78 is 2.15. The molecule has 0 bridgehead atoms. The molecule has 0 radical (unpaired) electrons. The fourth-order valence-corrected chi connectivity index (χ4v) is 8.50. The van der Waals surface area contributed by atoms with Crippen LogP contribution in [0.15, 0.2) is 231 Å². The molecule has 11 aromatic rings. The van der Waals surface area contributed by atoms with E-state index in [-0.39, 0.29) is 0 Å². The highest BCUT2D eigenvalue weighted by Gasteiger charge is 2.23. The fraction of sp³-hybridized carbons (Fsp3) is 0. The van der Waals surface area contributed by atoms with Crippen molar-refractivity contribution in [1.82, 2.24) is 19.7 Å². The lowest BCUT2D eigenvalue weighted by atomic mass is 9.94. The molecule has 286 valence electrons. The van der Waals surface area contributed by atoms with Crippen LogP contribution < -0.4 is 0 Å². The van der Waals surface area contributed by atoms with Gasteiger partial charge in [0.15, 0.2) is 5.82 Å². The van der Waals surface area contributed by atoms with Crippen LogP contribution in [0.4, 0.5) is 0 Å². The maximum absolute atomic E-state index is 5.58. The molecule has 4 heteroatoms. The van der Waals surface area contributed by atoms with Crippen LogP contribution in [0.2, 0.25) is 0 Å². The third-order valence-corrected chi connectivity index (χ3v) is 11.4. The molecule has 0 aliphatic rings. The van der Waals surface area contributed by atoms with Crippen LogP contribution in [-0.2, 0) is 0 Å².